The van der Waals surface area contributed by atoms with Crippen molar-refractivity contribution in [3.05, 3.63) is 44.3 Å². The lowest BCUT2D eigenvalue weighted by atomic mass is 10.3. The lowest BCUT2D eigenvalue weighted by molar-refractivity contribution is 0.682. The van der Waals surface area contributed by atoms with Crippen LogP contribution in [0.4, 0.5) is 0 Å². The fourth-order valence-corrected chi connectivity index (χ4v) is 3.86. The van der Waals surface area contributed by atoms with Gasteiger partial charge < -0.3 is 0 Å². The van der Waals surface area contributed by atoms with Crippen LogP contribution in [-0.4, -0.2) is 14.9 Å². The van der Waals surface area contributed by atoms with Crippen molar-refractivity contribution in [2.24, 2.45) is 0 Å². The first-order valence-corrected chi connectivity index (χ1v) is 8.26. The fraction of sp³-hybridized carbons (Fsp3) is 0.250. The van der Waals surface area contributed by atoms with E-state index < -0.39 is 10.8 Å². The lowest BCUT2D eigenvalue weighted by Crippen LogP contribution is -2.01. The molecule has 0 saturated carbocycles. The van der Waals surface area contributed by atoms with Gasteiger partial charge in [-0.05, 0) is 31.5 Å². The van der Waals surface area contributed by atoms with E-state index in [1.807, 2.05) is 12.4 Å². The minimum absolute atomic E-state index is 0.441. The smallest absolute Gasteiger partial charge is 0.0797 e. The Labute approximate surface area is 122 Å². The van der Waals surface area contributed by atoms with Crippen molar-refractivity contribution in [1.29, 1.82) is 0 Å². The average molecular weight is 320 g/mol. The van der Waals surface area contributed by atoms with Crippen LogP contribution in [0.2, 0.25) is 10.0 Å². The highest BCUT2D eigenvalue weighted by Gasteiger charge is 2.09. The largest absolute Gasteiger partial charge is 0.254 e. The van der Waals surface area contributed by atoms with Gasteiger partial charge in [0, 0.05) is 15.5 Å². The zero-order chi connectivity index (χ0) is 13.1. The van der Waals surface area contributed by atoms with Crippen molar-refractivity contribution in [3.8, 4) is 0 Å². The quantitative estimate of drug-likeness (QED) is 0.848. The molecule has 1 heterocycles. The van der Waals surface area contributed by atoms with Crippen LogP contribution in [0.3, 0.4) is 0 Å². The molecule has 0 aliphatic heterocycles. The van der Waals surface area contributed by atoms with Crippen LogP contribution in [-0.2, 0) is 17.2 Å². The molecule has 2 rings (SSSR count). The van der Waals surface area contributed by atoms with Gasteiger partial charge in [0.05, 0.1) is 32.0 Å². The maximum absolute atomic E-state index is 12.1. The summed E-state index contributed by atoms with van der Waals surface area (Å²) in [4.78, 5) is 6.07. The summed E-state index contributed by atoms with van der Waals surface area (Å²) >= 11 is 13.3. The third kappa shape index (κ3) is 3.32. The van der Waals surface area contributed by atoms with Gasteiger partial charge >= 0.3 is 0 Å². The molecule has 0 radical (unpaired) electrons. The highest BCUT2D eigenvalue weighted by Crippen LogP contribution is 2.24. The summed E-state index contributed by atoms with van der Waals surface area (Å²) in [6.07, 6.45) is 0.767. The van der Waals surface area contributed by atoms with Gasteiger partial charge in [0.15, 0.2) is 0 Å². The lowest BCUT2D eigenvalue weighted by Gasteiger charge is -2.03. The van der Waals surface area contributed by atoms with Crippen molar-refractivity contribution in [2.45, 2.75) is 18.2 Å². The summed E-state index contributed by atoms with van der Waals surface area (Å²) in [5.74, 6) is 0.570. The molecule has 0 unspecified atom stereocenters. The maximum atomic E-state index is 12.1. The molecule has 18 heavy (non-hydrogen) atoms. The van der Waals surface area contributed by atoms with Gasteiger partial charge in [0.1, 0.15) is 0 Å². The Morgan fingerprint density at radius 1 is 1.33 bits per heavy atom. The van der Waals surface area contributed by atoms with E-state index in [1.165, 1.54) is 4.88 Å². The number of rotatable bonds is 4. The zero-order valence-electron chi connectivity index (χ0n) is 9.65. The number of benzene rings is 1. The second-order valence-corrected chi connectivity index (χ2v) is 7.06. The zero-order valence-corrected chi connectivity index (χ0v) is 12.8. The summed E-state index contributed by atoms with van der Waals surface area (Å²) in [7, 11) is -1.06. The van der Waals surface area contributed by atoms with Gasteiger partial charge in [-0.25, -0.2) is 4.98 Å². The Balaban J connectivity index is 2.04. The van der Waals surface area contributed by atoms with Crippen LogP contribution in [0.25, 0.3) is 0 Å². The normalized spacial score (nSPS) is 12.6. The molecule has 0 aliphatic carbocycles. The van der Waals surface area contributed by atoms with Crippen molar-refractivity contribution in [1.82, 2.24) is 4.98 Å². The Bertz CT molecular complexity index is 583. The van der Waals surface area contributed by atoms with Gasteiger partial charge in [0.2, 0.25) is 0 Å². The van der Waals surface area contributed by atoms with Crippen molar-refractivity contribution in [2.75, 3.05) is 5.75 Å². The highest BCUT2D eigenvalue weighted by molar-refractivity contribution is 7.85. The topological polar surface area (TPSA) is 30.0 Å². The highest BCUT2D eigenvalue weighted by atomic mass is 35.5. The molecular weight excluding hydrogens is 309 g/mol. The molecule has 1 aromatic heterocycles. The maximum Gasteiger partial charge on any atom is 0.0797 e. The number of nitrogens with zero attached hydrogens (tertiary/aromatic N) is 1. The molecule has 1 aromatic carbocycles. The molecule has 1 atom stereocenters. The molecule has 96 valence electrons. The van der Waals surface area contributed by atoms with E-state index in [1.54, 1.807) is 29.5 Å². The van der Waals surface area contributed by atoms with Crippen LogP contribution < -0.4 is 0 Å². The molecule has 0 bridgehead atoms. The number of thiazole rings is 1. The third-order valence-electron chi connectivity index (χ3n) is 2.51. The Kier molecular flexibility index (Phi) is 4.78. The Hall–Kier alpha value is -0.420. The molecule has 0 N–H and O–H groups in total. The summed E-state index contributed by atoms with van der Waals surface area (Å²) in [5, 5.41) is 0.923. The third-order valence-corrected chi connectivity index (χ3v) is 5.60. The molecule has 0 saturated heterocycles. The van der Waals surface area contributed by atoms with E-state index in [0.717, 1.165) is 12.1 Å². The second-order valence-electron chi connectivity index (χ2n) is 3.74. The summed E-state index contributed by atoms with van der Waals surface area (Å²) in [5.41, 5.74) is 2.83. The van der Waals surface area contributed by atoms with Crippen LogP contribution in [0.15, 0.2) is 28.6 Å². The van der Waals surface area contributed by atoms with Gasteiger partial charge in [-0.3, -0.25) is 4.21 Å². The van der Waals surface area contributed by atoms with Gasteiger partial charge in [-0.2, -0.15) is 0 Å². The number of hydrogen-bond donors (Lipinski definition) is 0. The number of halogens is 2. The summed E-state index contributed by atoms with van der Waals surface area (Å²) in [6, 6.07) is 5.10. The van der Waals surface area contributed by atoms with E-state index >= 15 is 0 Å². The number of aromatic nitrogens is 1. The molecule has 2 nitrogen and oxygen atoms in total. The second kappa shape index (κ2) is 6.15. The first kappa shape index (κ1) is 14.0. The predicted molar refractivity (Wildman–Crippen MR) is 78.3 cm³/mol. The van der Waals surface area contributed by atoms with Crippen molar-refractivity contribution in [3.63, 3.8) is 0 Å². The SMILES string of the molecule is Cc1ncsc1CC[S@](=O)c1ccc(Cl)c(Cl)c1. The number of aryl methyl sites for hydroxylation is 2. The molecule has 0 amide bonds. The van der Waals surface area contributed by atoms with Gasteiger partial charge in [-0.15, -0.1) is 11.3 Å². The van der Waals surface area contributed by atoms with Crippen LogP contribution in [0, 0.1) is 6.92 Å². The van der Waals surface area contributed by atoms with Crippen molar-refractivity contribution < 1.29 is 4.21 Å². The van der Waals surface area contributed by atoms with E-state index in [2.05, 4.69) is 4.98 Å². The van der Waals surface area contributed by atoms with E-state index in [-0.39, 0.29) is 0 Å². The minimum atomic E-state index is -1.06. The molecule has 0 aliphatic rings. The summed E-state index contributed by atoms with van der Waals surface area (Å²) < 4.78 is 12.1. The fourth-order valence-electron chi connectivity index (χ4n) is 1.49. The molecule has 6 heteroatoms. The van der Waals surface area contributed by atoms with E-state index in [9.17, 15) is 4.21 Å². The predicted octanol–water partition coefficient (Wildman–Crippen LogP) is 4.11. The van der Waals surface area contributed by atoms with E-state index in [4.69, 9.17) is 23.2 Å². The van der Waals surface area contributed by atoms with Gasteiger partial charge in [-0.1, -0.05) is 23.2 Å². The first-order chi connectivity index (χ1) is 8.58. The molecule has 0 fully saturated rings. The molecular formula is C12H11Cl2NOS2. The summed E-state index contributed by atoms with van der Waals surface area (Å²) in [6.45, 7) is 1.97. The van der Waals surface area contributed by atoms with E-state index in [0.29, 0.717) is 20.7 Å². The molecule has 0 spiro atoms. The first-order valence-electron chi connectivity index (χ1n) is 5.30. The Morgan fingerprint density at radius 3 is 2.72 bits per heavy atom. The standard InChI is InChI=1S/C12H11Cl2NOS2/c1-8-12(17-7-15-8)4-5-18(16)9-2-3-10(13)11(14)6-9/h2-3,6-7H,4-5H2,1H3/t18-/m0/s1. The Morgan fingerprint density at radius 2 is 2.11 bits per heavy atom. The number of hydrogen-bond acceptors (Lipinski definition) is 3. The average Bonchev–Trinajstić information content (AvgIpc) is 2.75. The molecule has 2 aromatic rings. The van der Waals surface area contributed by atoms with Gasteiger partial charge in [0.25, 0.3) is 0 Å². The van der Waals surface area contributed by atoms with Crippen molar-refractivity contribution >= 4 is 45.3 Å². The monoisotopic (exact) mass is 319 g/mol. The minimum Gasteiger partial charge on any atom is -0.254 e. The van der Waals surface area contributed by atoms with Crippen LogP contribution >= 0.6 is 34.5 Å². The van der Waals surface area contributed by atoms with Crippen LogP contribution in [0.5, 0.6) is 0 Å². The van der Waals surface area contributed by atoms with Crippen LogP contribution in [0.1, 0.15) is 10.6 Å².